The fourth-order valence-electron chi connectivity index (χ4n) is 3.52. The molecule has 0 aliphatic carbocycles. The summed E-state index contributed by atoms with van der Waals surface area (Å²) < 4.78 is 0. The summed E-state index contributed by atoms with van der Waals surface area (Å²) in [5.41, 5.74) is 4.95. The molecule has 4 aromatic rings. The van der Waals surface area contributed by atoms with E-state index < -0.39 is 0 Å². The highest BCUT2D eigenvalue weighted by Crippen LogP contribution is 2.26. The van der Waals surface area contributed by atoms with Crippen molar-refractivity contribution in [1.29, 1.82) is 0 Å². The average molecular weight is 412 g/mol. The lowest BCUT2D eigenvalue weighted by Crippen LogP contribution is -2.29. The van der Waals surface area contributed by atoms with Crippen LogP contribution in [0, 0.1) is 13.8 Å². The number of nitrogens with zero attached hydrogens (tertiary/aromatic N) is 2. The molecule has 0 radical (unpaired) electrons. The molecule has 0 spiro atoms. The second kappa shape index (κ2) is 8.44. The van der Waals surface area contributed by atoms with Gasteiger partial charge in [0.1, 0.15) is 5.82 Å². The van der Waals surface area contributed by atoms with Gasteiger partial charge in [0.2, 0.25) is 0 Å². The monoisotopic (exact) mass is 412 g/mol. The minimum absolute atomic E-state index is 0.163. The first kappa shape index (κ1) is 20.3. The van der Waals surface area contributed by atoms with E-state index in [1.807, 2.05) is 36.4 Å². The van der Waals surface area contributed by atoms with Gasteiger partial charge in [-0.05, 0) is 55.3 Å². The number of anilines is 2. The Morgan fingerprint density at radius 1 is 0.968 bits per heavy atom. The van der Waals surface area contributed by atoms with Crippen LogP contribution in [-0.2, 0) is 6.54 Å². The summed E-state index contributed by atoms with van der Waals surface area (Å²) in [7, 11) is 1.70. The highest BCUT2D eigenvalue weighted by Gasteiger charge is 2.17. The summed E-state index contributed by atoms with van der Waals surface area (Å²) in [6, 6.07) is 20.6. The summed E-state index contributed by atoms with van der Waals surface area (Å²) in [5.74, 6) is 0.281. The molecule has 0 atom stereocenters. The largest absolute Gasteiger partial charge is 0.355 e. The number of nitrogens with one attached hydrogen (secondary N) is 2. The van der Waals surface area contributed by atoms with Crippen molar-refractivity contribution in [1.82, 2.24) is 14.9 Å². The summed E-state index contributed by atoms with van der Waals surface area (Å²) in [4.78, 5) is 34.4. The van der Waals surface area contributed by atoms with Crippen LogP contribution in [0.15, 0.2) is 71.5 Å². The number of para-hydroxylation sites is 2. The molecular formula is C25H24N4O2. The molecular weight excluding hydrogens is 388 g/mol. The van der Waals surface area contributed by atoms with Gasteiger partial charge in [0.15, 0.2) is 0 Å². The van der Waals surface area contributed by atoms with Gasteiger partial charge in [0.25, 0.3) is 11.5 Å². The van der Waals surface area contributed by atoms with Crippen LogP contribution in [0.4, 0.5) is 11.4 Å². The number of rotatable bonds is 5. The van der Waals surface area contributed by atoms with Crippen LogP contribution in [-0.4, -0.2) is 27.8 Å². The molecule has 0 saturated heterocycles. The van der Waals surface area contributed by atoms with E-state index in [9.17, 15) is 9.59 Å². The van der Waals surface area contributed by atoms with E-state index in [2.05, 4.69) is 35.2 Å². The molecule has 31 heavy (non-hydrogen) atoms. The third-order valence-electron chi connectivity index (χ3n) is 5.43. The topological polar surface area (TPSA) is 78.1 Å². The molecule has 1 aromatic heterocycles. The van der Waals surface area contributed by atoms with Gasteiger partial charge in [-0.1, -0.05) is 36.4 Å². The molecule has 0 fully saturated rings. The Morgan fingerprint density at radius 2 is 1.68 bits per heavy atom. The lowest BCUT2D eigenvalue weighted by molar-refractivity contribution is 0.0782. The van der Waals surface area contributed by atoms with E-state index in [0.29, 0.717) is 22.3 Å². The second-order valence-corrected chi connectivity index (χ2v) is 7.61. The molecule has 2 N–H and O–H groups in total. The molecule has 156 valence electrons. The van der Waals surface area contributed by atoms with Crippen LogP contribution >= 0.6 is 0 Å². The molecule has 4 rings (SSSR count). The molecule has 0 saturated carbocycles. The van der Waals surface area contributed by atoms with Gasteiger partial charge < -0.3 is 15.2 Å². The Morgan fingerprint density at radius 3 is 2.52 bits per heavy atom. The maximum Gasteiger partial charge on any atom is 0.258 e. The van der Waals surface area contributed by atoms with Crippen LogP contribution in [0.25, 0.3) is 10.9 Å². The Bertz CT molecular complexity index is 1330. The third-order valence-corrected chi connectivity index (χ3v) is 5.43. The van der Waals surface area contributed by atoms with Gasteiger partial charge in [-0.25, -0.2) is 4.98 Å². The second-order valence-electron chi connectivity index (χ2n) is 7.61. The first-order valence-corrected chi connectivity index (χ1v) is 10.1. The highest BCUT2D eigenvalue weighted by atomic mass is 16.2. The number of H-pyrrole nitrogens is 1. The highest BCUT2D eigenvalue weighted by molar-refractivity contribution is 6.00. The van der Waals surface area contributed by atoms with Crippen molar-refractivity contribution < 1.29 is 4.79 Å². The summed E-state index contributed by atoms with van der Waals surface area (Å²) >= 11 is 0. The summed E-state index contributed by atoms with van der Waals surface area (Å²) in [5, 5.41) is 3.92. The number of benzene rings is 3. The van der Waals surface area contributed by atoms with Crippen molar-refractivity contribution in [2.24, 2.45) is 0 Å². The van der Waals surface area contributed by atoms with Gasteiger partial charge in [0, 0.05) is 12.7 Å². The number of hydrogen-bond donors (Lipinski definition) is 2. The van der Waals surface area contributed by atoms with Gasteiger partial charge in [-0.15, -0.1) is 0 Å². The molecule has 1 heterocycles. The molecule has 6 heteroatoms. The Labute approximate surface area is 180 Å². The lowest BCUT2D eigenvalue weighted by atomic mass is 10.1. The molecule has 3 aromatic carbocycles. The number of fused-ring (bicyclic) bond motifs is 1. The van der Waals surface area contributed by atoms with Crippen molar-refractivity contribution in [2.75, 3.05) is 12.4 Å². The van der Waals surface area contributed by atoms with E-state index in [1.165, 1.54) is 5.56 Å². The smallest absolute Gasteiger partial charge is 0.258 e. The molecule has 1 amide bonds. The van der Waals surface area contributed by atoms with Gasteiger partial charge in [-0.2, -0.15) is 0 Å². The van der Waals surface area contributed by atoms with Crippen molar-refractivity contribution in [3.63, 3.8) is 0 Å². The SMILES string of the molecule is Cc1cccc(Nc2ccccc2C(=O)N(C)Cc2nc3ccccc3c(=O)[nH]2)c1C. The first-order valence-electron chi connectivity index (χ1n) is 10.1. The fourth-order valence-corrected chi connectivity index (χ4v) is 3.52. The van der Waals surface area contributed by atoms with Crippen molar-refractivity contribution in [3.8, 4) is 0 Å². The molecule has 0 unspecified atom stereocenters. The van der Waals surface area contributed by atoms with E-state index >= 15 is 0 Å². The van der Waals surface area contributed by atoms with Crippen LogP contribution in [0.1, 0.15) is 27.3 Å². The minimum atomic E-state index is -0.210. The number of amides is 1. The number of carbonyl (C=O) groups excluding carboxylic acids is 1. The minimum Gasteiger partial charge on any atom is -0.355 e. The molecule has 6 nitrogen and oxygen atoms in total. The van der Waals surface area contributed by atoms with Gasteiger partial charge in [0.05, 0.1) is 28.7 Å². The van der Waals surface area contributed by atoms with Crippen LogP contribution < -0.4 is 10.9 Å². The zero-order chi connectivity index (χ0) is 22.0. The van der Waals surface area contributed by atoms with Gasteiger partial charge >= 0.3 is 0 Å². The van der Waals surface area contributed by atoms with Gasteiger partial charge in [-0.3, -0.25) is 9.59 Å². The van der Waals surface area contributed by atoms with E-state index in [-0.39, 0.29) is 18.0 Å². The van der Waals surface area contributed by atoms with Crippen molar-refractivity contribution in [2.45, 2.75) is 20.4 Å². The predicted molar refractivity (Wildman–Crippen MR) is 124 cm³/mol. The Balaban J connectivity index is 1.60. The zero-order valence-electron chi connectivity index (χ0n) is 17.8. The molecule has 0 aliphatic heterocycles. The van der Waals surface area contributed by atoms with Crippen molar-refractivity contribution >= 4 is 28.2 Å². The van der Waals surface area contributed by atoms with Crippen LogP contribution in [0.2, 0.25) is 0 Å². The van der Waals surface area contributed by atoms with E-state index in [0.717, 1.165) is 16.9 Å². The van der Waals surface area contributed by atoms with Crippen molar-refractivity contribution in [3.05, 3.63) is 99.6 Å². The maximum absolute atomic E-state index is 13.2. The van der Waals surface area contributed by atoms with Crippen LogP contribution in [0.5, 0.6) is 0 Å². The van der Waals surface area contributed by atoms with E-state index in [4.69, 9.17) is 0 Å². The third kappa shape index (κ3) is 4.19. The number of carbonyl (C=O) groups is 1. The number of aromatic nitrogens is 2. The average Bonchev–Trinajstić information content (AvgIpc) is 2.77. The summed E-state index contributed by atoms with van der Waals surface area (Å²) in [6.45, 7) is 4.30. The fraction of sp³-hybridized carbons (Fsp3) is 0.160. The predicted octanol–water partition coefficient (Wildman–Crippen LogP) is 4.56. The molecule has 0 aliphatic rings. The molecule has 0 bridgehead atoms. The van der Waals surface area contributed by atoms with Crippen LogP contribution in [0.3, 0.4) is 0 Å². The normalized spacial score (nSPS) is 10.8. The first-order chi connectivity index (χ1) is 14.9. The zero-order valence-corrected chi connectivity index (χ0v) is 17.8. The lowest BCUT2D eigenvalue weighted by Gasteiger charge is -2.20. The standard InChI is InChI=1S/C25H24N4O2/c1-16-9-8-14-20(17(16)2)26-22-13-7-5-11-19(22)25(31)29(3)15-23-27-21-12-6-4-10-18(21)24(30)28-23/h4-14,26H,15H2,1-3H3,(H,27,28,30). The van der Waals surface area contributed by atoms with E-state index in [1.54, 1.807) is 36.2 Å². The number of aryl methyl sites for hydroxylation is 1. The Kier molecular flexibility index (Phi) is 5.54. The number of aromatic amines is 1. The number of hydrogen-bond acceptors (Lipinski definition) is 4. The quantitative estimate of drug-likeness (QED) is 0.504. The summed E-state index contributed by atoms with van der Waals surface area (Å²) in [6.07, 6.45) is 0. The Hall–Kier alpha value is -3.93. The maximum atomic E-state index is 13.2.